The molecule has 0 radical (unpaired) electrons. The van der Waals surface area contributed by atoms with Gasteiger partial charge in [-0.15, -0.1) is 10.2 Å². The average molecular weight is 394 g/mol. The number of hydrogen-bond donors (Lipinski definition) is 1. The van der Waals surface area contributed by atoms with Gasteiger partial charge in [0, 0.05) is 5.69 Å². The van der Waals surface area contributed by atoms with Crippen LogP contribution in [0.25, 0.3) is 11.5 Å². The molecule has 0 atom stereocenters. The normalized spacial score (nSPS) is 10.6. The van der Waals surface area contributed by atoms with Gasteiger partial charge in [0.25, 0.3) is 11.1 Å². The number of hydrogen-bond acceptors (Lipinski definition) is 6. The van der Waals surface area contributed by atoms with Gasteiger partial charge in [-0.3, -0.25) is 4.79 Å². The van der Waals surface area contributed by atoms with Crippen LogP contribution in [0.1, 0.15) is 0 Å². The van der Waals surface area contributed by atoms with Gasteiger partial charge < -0.3 is 14.5 Å². The molecule has 0 bridgehead atoms. The maximum Gasteiger partial charge on any atom is 0.277 e. The Kier molecular flexibility index (Phi) is 5.75. The molecular weight excluding hydrogens is 381 g/mol. The summed E-state index contributed by atoms with van der Waals surface area (Å²) in [6.45, 7) is 0. The number of anilines is 1. The van der Waals surface area contributed by atoms with Crippen LogP contribution in [0.4, 0.5) is 10.1 Å². The van der Waals surface area contributed by atoms with E-state index in [0.717, 1.165) is 11.8 Å². The largest absolute Gasteiger partial charge is 0.496 e. The molecule has 0 saturated heterocycles. The lowest BCUT2D eigenvalue weighted by molar-refractivity contribution is -0.113. The van der Waals surface area contributed by atoms with Crippen LogP contribution in [0.5, 0.6) is 5.75 Å². The maximum absolute atomic E-state index is 13.1. The quantitative estimate of drug-likeness (QED) is 0.630. The number of benzene rings is 2. The van der Waals surface area contributed by atoms with Gasteiger partial charge in [-0.1, -0.05) is 35.5 Å². The van der Waals surface area contributed by atoms with Crippen molar-refractivity contribution in [2.24, 2.45) is 0 Å². The molecule has 0 fully saturated rings. The van der Waals surface area contributed by atoms with E-state index in [-0.39, 0.29) is 21.9 Å². The number of rotatable bonds is 6. The van der Waals surface area contributed by atoms with Gasteiger partial charge in [0.05, 0.1) is 23.4 Å². The topological polar surface area (TPSA) is 77.2 Å². The van der Waals surface area contributed by atoms with Gasteiger partial charge in [-0.25, -0.2) is 4.39 Å². The SMILES string of the molecule is COc1ccccc1-c1nnc(SCC(=O)Nc2ccc(F)c(Cl)c2)o1. The van der Waals surface area contributed by atoms with Crippen molar-refractivity contribution in [3.8, 4) is 17.2 Å². The molecule has 0 aliphatic heterocycles. The van der Waals surface area contributed by atoms with Crippen molar-refractivity contribution in [2.75, 3.05) is 18.2 Å². The molecule has 26 heavy (non-hydrogen) atoms. The van der Waals surface area contributed by atoms with E-state index in [4.69, 9.17) is 20.8 Å². The summed E-state index contributed by atoms with van der Waals surface area (Å²) in [4.78, 5) is 12.0. The Balaban J connectivity index is 1.61. The third kappa shape index (κ3) is 4.33. The van der Waals surface area contributed by atoms with Crippen LogP contribution in [0.15, 0.2) is 52.1 Å². The van der Waals surface area contributed by atoms with E-state index in [2.05, 4.69) is 15.5 Å². The number of methoxy groups -OCH3 is 1. The molecule has 6 nitrogen and oxygen atoms in total. The monoisotopic (exact) mass is 393 g/mol. The minimum absolute atomic E-state index is 0.0442. The molecule has 134 valence electrons. The summed E-state index contributed by atoms with van der Waals surface area (Å²) in [5.41, 5.74) is 1.07. The van der Waals surface area contributed by atoms with Crippen molar-refractivity contribution in [3.63, 3.8) is 0 Å². The number of halogens is 2. The van der Waals surface area contributed by atoms with Crippen LogP contribution < -0.4 is 10.1 Å². The second kappa shape index (κ2) is 8.20. The number of nitrogens with zero attached hydrogens (tertiary/aromatic N) is 2. The zero-order valence-electron chi connectivity index (χ0n) is 13.5. The first kappa shape index (κ1) is 18.2. The Morgan fingerprint density at radius 2 is 2.12 bits per heavy atom. The second-order valence-corrected chi connectivity index (χ2v) is 6.37. The molecule has 3 rings (SSSR count). The predicted molar refractivity (Wildman–Crippen MR) is 97.0 cm³/mol. The van der Waals surface area contributed by atoms with Gasteiger partial charge in [0.1, 0.15) is 11.6 Å². The number of carbonyl (C=O) groups excluding carboxylic acids is 1. The average Bonchev–Trinajstić information content (AvgIpc) is 3.12. The molecule has 9 heteroatoms. The molecular formula is C17H13ClFN3O3S. The van der Waals surface area contributed by atoms with Crippen molar-refractivity contribution < 1.29 is 18.3 Å². The molecule has 0 aliphatic carbocycles. The lowest BCUT2D eigenvalue weighted by Gasteiger charge is -2.05. The standard InChI is InChI=1S/C17H13ClFN3O3S/c1-24-14-5-3-2-4-11(14)16-21-22-17(25-16)26-9-15(23)20-10-6-7-13(19)12(18)8-10/h2-8H,9H2,1H3,(H,20,23). The first-order valence-electron chi connectivity index (χ1n) is 7.41. The Bertz CT molecular complexity index is 935. The highest BCUT2D eigenvalue weighted by atomic mass is 35.5. The number of para-hydroxylation sites is 1. The minimum Gasteiger partial charge on any atom is -0.496 e. The highest BCUT2D eigenvalue weighted by molar-refractivity contribution is 7.99. The number of aromatic nitrogens is 2. The molecule has 1 amide bonds. The number of nitrogens with one attached hydrogen (secondary N) is 1. The number of amides is 1. The molecule has 0 aliphatic rings. The van der Waals surface area contributed by atoms with Crippen LogP contribution in [-0.4, -0.2) is 29.0 Å². The molecule has 1 aromatic heterocycles. The molecule has 0 unspecified atom stereocenters. The summed E-state index contributed by atoms with van der Waals surface area (Å²) < 4.78 is 23.9. The van der Waals surface area contributed by atoms with Crippen LogP contribution in [0, 0.1) is 5.82 Å². The maximum atomic E-state index is 13.1. The molecule has 3 aromatic rings. The number of ether oxygens (including phenoxy) is 1. The molecule has 0 spiro atoms. The van der Waals surface area contributed by atoms with Crippen molar-refractivity contribution in [2.45, 2.75) is 5.22 Å². The Labute approximate surface area is 157 Å². The van der Waals surface area contributed by atoms with Crippen molar-refractivity contribution in [3.05, 3.63) is 53.3 Å². The van der Waals surface area contributed by atoms with E-state index in [1.807, 2.05) is 12.1 Å². The zero-order valence-corrected chi connectivity index (χ0v) is 15.1. The Morgan fingerprint density at radius 3 is 2.88 bits per heavy atom. The highest BCUT2D eigenvalue weighted by Gasteiger charge is 2.14. The first-order chi connectivity index (χ1) is 12.6. The Hall–Kier alpha value is -2.58. The molecule has 1 heterocycles. The fourth-order valence-corrected chi connectivity index (χ4v) is 2.84. The summed E-state index contributed by atoms with van der Waals surface area (Å²) in [6.07, 6.45) is 0. The lowest BCUT2D eigenvalue weighted by Crippen LogP contribution is -2.14. The van der Waals surface area contributed by atoms with E-state index in [1.54, 1.807) is 19.2 Å². The van der Waals surface area contributed by atoms with Gasteiger partial charge in [0.2, 0.25) is 5.91 Å². The van der Waals surface area contributed by atoms with Crippen molar-refractivity contribution >= 4 is 35.0 Å². The predicted octanol–water partition coefficient (Wildman–Crippen LogP) is 4.27. The van der Waals surface area contributed by atoms with E-state index >= 15 is 0 Å². The van der Waals surface area contributed by atoms with Crippen LogP contribution in [0.3, 0.4) is 0 Å². The van der Waals surface area contributed by atoms with Crippen molar-refractivity contribution in [1.82, 2.24) is 10.2 Å². The van der Waals surface area contributed by atoms with Gasteiger partial charge in [0.15, 0.2) is 0 Å². The number of carbonyl (C=O) groups is 1. The van der Waals surface area contributed by atoms with Crippen LogP contribution in [-0.2, 0) is 4.79 Å². The summed E-state index contributed by atoms with van der Waals surface area (Å²) in [5.74, 6) is 0.0977. The third-order valence-electron chi connectivity index (χ3n) is 3.27. The number of thioether (sulfide) groups is 1. The summed E-state index contributed by atoms with van der Waals surface area (Å²) in [7, 11) is 1.55. The van der Waals surface area contributed by atoms with Crippen LogP contribution >= 0.6 is 23.4 Å². The first-order valence-corrected chi connectivity index (χ1v) is 8.78. The second-order valence-electron chi connectivity index (χ2n) is 5.04. The van der Waals surface area contributed by atoms with E-state index in [9.17, 15) is 9.18 Å². The van der Waals surface area contributed by atoms with E-state index in [0.29, 0.717) is 22.9 Å². The molecule has 2 aromatic carbocycles. The van der Waals surface area contributed by atoms with E-state index in [1.165, 1.54) is 18.2 Å². The van der Waals surface area contributed by atoms with Crippen molar-refractivity contribution in [1.29, 1.82) is 0 Å². The zero-order chi connectivity index (χ0) is 18.5. The third-order valence-corrected chi connectivity index (χ3v) is 4.38. The molecule has 1 N–H and O–H groups in total. The fraction of sp³-hybridized carbons (Fsp3) is 0.118. The smallest absolute Gasteiger partial charge is 0.277 e. The fourth-order valence-electron chi connectivity index (χ4n) is 2.10. The lowest BCUT2D eigenvalue weighted by atomic mass is 10.2. The van der Waals surface area contributed by atoms with Gasteiger partial charge in [-0.05, 0) is 30.3 Å². The summed E-state index contributed by atoms with van der Waals surface area (Å²) >= 11 is 6.76. The van der Waals surface area contributed by atoms with Gasteiger partial charge >= 0.3 is 0 Å². The van der Waals surface area contributed by atoms with Crippen LogP contribution in [0.2, 0.25) is 5.02 Å². The van der Waals surface area contributed by atoms with E-state index < -0.39 is 5.82 Å². The van der Waals surface area contributed by atoms with Gasteiger partial charge in [-0.2, -0.15) is 0 Å². The summed E-state index contributed by atoms with van der Waals surface area (Å²) in [6, 6.07) is 11.2. The highest BCUT2D eigenvalue weighted by Crippen LogP contribution is 2.30. The summed E-state index contributed by atoms with van der Waals surface area (Å²) in [5, 5.41) is 10.7. The molecule has 0 saturated carbocycles. The Morgan fingerprint density at radius 1 is 1.31 bits per heavy atom. The minimum atomic E-state index is -0.547.